The van der Waals surface area contributed by atoms with Gasteiger partial charge in [-0.25, -0.2) is 0 Å². The topological polar surface area (TPSA) is 49.3 Å². The molecule has 9 heavy (non-hydrogen) atoms. The SMILES string of the molecule is [2H]N1CC(O)CC1C(C)=O. The Kier molecular flexibility index (Phi) is 1.47. The Hall–Kier alpha value is -0.410. The third kappa shape index (κ3) is 1.50. The van der Waals surface area contributed by atoms with Gasteiger partial charge in [-0.1, -0.05) is 0 Å². The van der Waals surface area contributed by atoms with E-state index in [1.165, 1.54) is 6.92 Å². The van der Waals surface area contributed by atoms with Crippen LogP contribution in [0.1, 0.15) is 13.3 Å². The first-order chi connectivity index (χ1) is 4.61. The van der Waals surface area contributed by atoms with Crippen LogP contribution in [0.2, 0.25) is 1.41 Å². The number of carbonyl (C=O) groups excluding carboxylic acids is 1. The predicted molar refractivity (Wildman–Crippen MR) is 33.1 cm³/mol. The Morgan fingerprint density at radius 3 is 2.89 bits per heavy atom. The molecule has 2 N–H and O–H groups in total. The maximum Gasteiger partial charge on any atom is 0.146 e. The van der Waals surface area contributed by atoms with Gasteiger partial charge in [0.25, 0.3) is 0 Å². The number of carbonyl (C=O) groups is 1. The van der Waals surface area contributed by atoms with Crippen molar-refractivity contribution in [3.63, 3.8) is 0 Å². The van der Waals surface area contributed by atoms with Gasteiger partial charge in [0.1, 0.15) is 7.20 Å². The first-order valence-electron chi connectivity index (χ1n) is 3.50. The second kappa shape index (κ2) is 2.45. The van der Waals surface area contributed by atoms with Crippen LogP contribution in [0.3, 0.4) is 0 Å². The van der Waals surface area contributed by atoms with E-state index in [0.717, 1.165) is 5.31 Å². The van der Waals surface area contributed by atoms with Gasteiger partial charge < -0.3 is 10.4 Å². The van der Waals surface area contributed by atoms with Crippen molar-refractivity contribution in [2.24, 2.45) is 0 Å². The van der Waals surface area contributed by atoms with Gasteiger partial charge in [0.15, 0.2) is 0 Å². The monoisotopic (exact) mass is 130 g/mol. The van der Waals surface area contributed by atoms with Gasteiger partial charge in [-0.15, -0.1) is 0 Å². The smallest absolute Gasteiger partial charge is 0.146 e. The largest absolute Gasteiger partial charge is 0.392 e. The van der Waals surface area contributed by atoms with Gasteiger partial charge in [0.2, 0.25) is 0 Å². The Bertz CT molecular complexity index is 151. The fourth-order valence-corrected chi connectivity index (χ4v) is 0.950. The highest BCUT2D eigenvalue weighted by molar-refractivity contribution is 5.81. The average Bonchev–Trinajstić information content (AvgIpc) is 2.10. The number of hydrogen-bond acceptors (Lipinski definition) is 3. The van der Waals surface area contributed by atoms with Crippen LogP contribution >= 0.6 is 0 Å². The molecule has 0 spiro atoms. The average molecular weight is 130 g/mol. The third-order valence-corrected chi connectivity index (χ3v) is 1.50. The molecule has 52 valence electrons. The molecule has 0 bridgehead atoms. The lowest BCUT2D eigenvalue weighted by molar-refractivity contribution is -0.118. The molecule has 0 aromatic carbocycles. The molecule has 0 amide bonds. The van der Waals surface area contributed by atoms with Crippen LogP contribution in [0.5, 0.6) is 0 Å². The van der Waals surface area contributed by atoms with Crippen molar-refractivity contribution < 1.29 is 11.3 Å². The molecule has 1 aliphatic heterocycles. The molecule has 1 aliphatic rings. The molecule has 3 heteroatoms. The molecule has 1 saturated heterocycles. The zero-order valence-corrected chi connectivity index (χ0v) is 5.37. The van der Waals surface area contributed by atoms with Gasteiger partial charge in [0.05, 0.1) is 12.1 Å². The summed E-state index contributed by atoms with van der Waals surface area (Å²) in [5.74, 6) is -0.0356. The number of nitrogens with one attached hydrogen (secondary N) is 1. The van der Waals surface area contributed by atoms with Crippen LogP contribution in [0, 0.1) is 0 Å². The van der Waals surface area contributed by atoms with Crippen LogP contribution in [0.4, 0.5) is 0 Å². The Morgan fingerprint density at radius 1 is 2.00 bits per heavy atom. The van der Waals surface area contributed by atoms with E-state index < -0.39 is 6.10 Å². The number of ketones is 1. The number of rotatable bonds is 1. The van der Waals surface area contributed by atoms with Crippen LogP contribution in [0.25, 0.3) is 0 Å². The summed E-state index contributed by atoms with van der Waals surface area (Å²) >= 11 is 0. The molecular weight excluding hydrogens is 118 g/mol. The second-order valence-electron chi connectivity index (χ2n) is 2.38. The van der Waals surface area contributed by atoms with E-state index in [-0.39, 0.29) is 11.8 Å². The highest BCUT2D eigenvalue weighted by Crippen LogP contribution is 2.05. The molecule has 0 aliphatic carbocycles. The predicted octanol–water partition coefficient (Wildman–Crippen LogP) is -0.702. The Balaban J connectivity index is 2.54. The fourth-order valence-electron chi connectivity index (χ4n) is 0.950. The lowest BCUT2D eigenvalue weighted by Gasteiger charge is -2.01. The standard InChI is InChI=1S/C6H11NO2/c1-4(8)6-2-5(9)3-7-6/h5-7,9H,2-3H2,1H3/i/hD. The summed E-state index contributed by atoms with van der Waals surface area (Å²) in [7, 11) is 0. The fraction of sp³-hybridized carbons (Fsp3) is 0.833. The maximum atomic E-state index is 10.7. The lowest BCUT2D eigenvalue weighted by atomic mass is 10.1. The van der Waals surface area contributed by atoms with Gasteiger partial charge in [0, 0.05) is 6.54 Å². The van der Waals surface area contributed by atoms with Gasteiger partial charge in [-0.3, -0.25) is 4.79 Å². The quantitative estimate of drug-likeness (QED) is 0.493. The van der Waals surface area contributed by atoms with E-state index in [1.54, 1.807) is 0 Å². The van der Waals surface area contributed by atoms with Crippen molar-refractivity contribution in [3.05, 3.63) is 0 Å². The lowest BCUT2D eigenvalue weighted by Crippen LogP contribution is -2.28. The summed E-state index contributed by atoms with van der Waals surface area (Å²) < 4.78 is 7.20. The number of β-amino-alcohol motifs (C(OH)–C–C–N with tert-alkyl or cyclic N) is 1. The van der Waals surface area contributed by atoms with Gasteiger partial charge in [-0.05, 0) is 13.3 Å². The molecule has 3 nitrogen and oxygen atoms in total. The first kappa shape index (κ1) is 5.38. The Morgan fingerprint density at radius 2 is 2.67 bits per heavy atom. The van der Waals surface area contributed by atoms with Crippen molar-refractivity contribution >= 4 is 5.78 Å². The van der Waals surface area contributed by atoms with E-state index in [1.807, 2.05) is 0 Å². The number of aliphatic hydroxyl groups excluding tert-OH is 1. The van der Waals surface area contributed by atoms with Crippen molar-refractivity contribution in [1.29, 1.82) is 0 Å². The van der Waals surface area contributed by atoms with Crippen LogP contribution in [-0.2, 0) is 4.79 Å². The highest BCUT2D eigenvalue weighted by atomic mass is 16.3. The molecular formula is C6H11NO2. The number of Topliss-reactive ketones (excluding diaryl/α,β-unsaturated/α-hetero) is 1. The molecule has 0 aromatic heterocycles. The van der Waals surface area contributed by atoms with E-state index in [4.69, 9.17) is 6.52 Å². The third-order valence-electron chi connectivity index (χ3n) is 1.50. The van der Waals surface area contributed by atoms with Crippen LogP contribution in [-0.4, -0.2) is 29.6 Å². The van der Waals surface area contributed by atoms with Gasteiger partial charge >= 0.3 is 0 Å². The second-order valence-corrected chi connectivity index (χ2v) is 2.38. The number of aliphatic hydroxyl groups is 1. The van der Waals surface area contributed by atoms with Crippen molar-refractivity contribution in [3.8, 4) is 0 Å². The highest BCUT2D eigenvalue weighted by Gasteiger charge is 2.24. The van der Waals surface area contributed by atoms with Crippen LogP contribution < -0.4 is 5.31 Å². The van der Waals surface area contributed by atoms with Crippen LogP contribution in [0.15, 0.2) is 0 Å². The first-order valence-corrected chi connectivity index (χ1v) is 3.05. The number of hydrogen-bond donors (Lipinski definition) is 2. The zero-order valence-electron chi connectivity index (χ0n) is 6.37. The summed E-state index contributed by atoms with van der Waals surface area (Å²) in [6.07, 6.45) is -0.0786. The van der Waals surface area contributed by atoms with E-state index in [2.05, 4.69) is 0 Å². The normalized spacial score (nSPS) is 38.7. The minimum Gasteiger partial charge on any atom is -0.392 e. The summed E-state index contributed by atoms with van der Waals surface area (Å²) in [4.78, 5) is 10.7. The summed E-state index contributed by atoms with van der Waals surface area (Å²) in [5, 5.41) is 10.2. The van der Waals surface area contributed by atoms with E-state index >= 15 is 0 Å². The van der Waals surface area contributed by atoms with Crippen molar-refractivity contribution in [2.75, 3.05) is 6.54 Å². The van der Waals surface area contributed by atoms with Crippen molar-refractivity contribution in [1.82, 2.24) is 5.31 Å². The van der Waals surface area contributed by atoms with Crippen molar-refractivity contribution in [2.45, 2.75) is 25.5 Å². The molecule has 2 atom stereocenters. The minimum absolute atomic E-state index is 0.0356. The molecule has 2 unspecified atom stereocenters. The summed E-state index contributed by atoms with van der Waals surface area (Å²) in [5.41, 5.74) is 0. The minimum atomic E-state index is -0.494. The summed E-state index contributed by atoms with van der Waals surface area (Å²) in [6, 6.07) is -0.380. The molecule has 1 heterocycles. The molecule has 0 radical (unpaired) electrons. The Labute approximate surface area is 55.5 Å². The molecule has 1 fully saturated rings. The van der Waals surface area contributed by atoms with Gasteiger partial charge in [-0.2, -0.15) is 0 Å². The molecule has 0 aromatic rings. The maximum absolute atomic E-state index is 10.7. The summed E-state index contributed by atoms with van der Waals surface area (Å²) in [6.45, 7) is 1.74. The molecule has 0 saturated carbocycles. The van der Waals surface area contributed by atoms with E-state index in [0.29, 0.717) is 13.0 Å². The molecule has 1 rings (SSSR count). The zero-order chi connectivity index (χ0) is 7.72. The van der Waals surface area contributed by atoms with E-state index in [9.17, 15) is 4.79 Å².